The third-order valence-electron chi connectivity index (χ3n) is 6.20. The molecule has 0 bridgehead atoms. The number of ether oxygens (including phenoxy) is 2. The Morgan fingerprint density at radius 3 is 2.45 bits per heavy atom. The SMILES string of the molecule is COc1cnc2c(Oc3ccc(CC(=O)c4nn(C)c(C)c(-c5ccc(F)cc5)c4=O)cc3)ccnc2c1. The Labute approximate surface area is 217 Å². The van der Waals surface area contributed by atoms with Crippen molar-refractivity contribution in [2.24, 2.45) is 7.05 Å². The first-order valence-electron chi connectivity index (χ1n) is 11.8. The Hall–Kier alpha value is -4.92. The monoisotopic (exact) mass is 510 g/mol. The van der Waals surface area contributed by atoms with Crippen molar-refractivity contribution in [3.8, 4) is 28.4 Å². The maximum Gasteiger partial charge on any atom is 0.219 e. The van der Waals surface area contributed by atoms with Crippen molar-refractivity contribution in [2.75, 3.05) is 7.11 Å². The van der Waals surface area contributed by atoms with Crippen LogP contribution < -0.4 is 14.9 Å². The molecule has 3 heterocycles. The summed E-state index contributed by atoms with van der Waals surface area (Å²) in [6.07, 6.45) is 3.20. The van der Waals surface area contributed by atoms with Gasteiger partial charge in [0.1, 0.15) is 22.8 Å². The van der Waals surface area contributed by atoms with E-state index in [4.69, 9.17) is 9.47 Å². The Kier molecular flexibility index (Phi) is 6.66. The Balaban J connectivity index is 1.37. The van der Waals surface area contributed by atoms with Gasteiger partial charge in [-0.3, -0.25) is 19.3 Å². The molecule has 0 amide bonds. The van der Waals surface area contributed by atoms with Gasteiger partial charge in [0.2, 0.25) is 5.43 Å². The number of aromatic nitrogens is 4. The van der Waals surface area contributed by atoms with Gasteiger partial charge in [-0.2, -0.15) is 5.10 Å². The van der Waals surface area contributed by atoms with Gasteiger partial charge in [0.05, 0.1) is 24.4 Å². The molecular weight excluding hydrogens is 487 g/mol. The number of nitrogens with zero attached hydrogens (tertiary/aromatic N) is 4. The van der Waals surface area contributed by atoms with Gasteiger partial charge in [0, 0.05) is 37.5 Å². The summed E-state index contributed by atoms with van der Waals surface area (Å²) in [7, 11) is 3.23. The van der Waals surface area contributed by atoms with E-state index in [1.807, 2.05) is 0 Å². The van der Waals surface area contributed by atoms with E-state index in [0.29, 0.717) is 50.7 Å². The number of hydrogen-bond acceptors (Lipinski definition) is 7. The normalized spacial score (nSPS) is 10.9. The Bertz CT molecular complexity index is 1710. The molecule has 5 rings (SSSR count). The second kappa shape index (κ2) is 10.2. The smallest absolute Gasteiger partial charge is 0.219 e. The first-order chi connectivity index (χ1) is 18.3. The zero-order valence-electron chi connectivity index (χ0n) is 20.9. The summed E-state index contributed by atoms with van der Waals surface area (Å²) in [6.45, 7) is 1.73. The van der Waals surface area contributed by atoms with E-state index >= 15 is 0 Å². The molecule has 0 saturated carbocycles. The van der Waals surface area contributed by atoms with Crippen LogP contribution in [0.2, 0.25) is 0 Å². The Morgan fingerprint density at radius 2 is 1.74 bits per heavy atom. The predicted molar refractivity (Wildman–Crippen MR) is 140 cm³/mol. The fraction of sp³-hybridized carbons (Fsp3) is 0.138. The van der Waals surface area contributed by atoms with Gasteiger partial charge in [-0.05, 0) is 42.3 Å². The molecule has 38 heavy (non-hydrogen) atoms. The highest BCUT2D eigenvalue weighted by Crippen LogP contribution is 2.29. The highest BCUT2D eigenvalue weighted by Gasteiger charge is 2.20. The number of methoxy groups -OCH3 is 1. The number of ketones is 1. The first-order valence-corrected chi connectivity index (χ1v) is 11.8. The number of hydrogen-bond donors (Lipinski definition) is 0. The number of fused-ring (bicyclic) bond motifs is 1. The third kappa shape index (κ3) is 4.86. The van der Waals surface area contributed by atoms with Crippen molar-refractivity contribution >= 4 is 16.8 Å². The topological polar surface area (TPSA) is 96.2 Å². The van der Waals surface area contributed by atoms with Gasteiger partial charge in [-0.1, -0.05) is 24.3 Å². The molecule has 0 spiro atoms. The van der Waals surface area contributed by atoms with Crippen molar-refractivity contribution in [1.82, 2.24) is 19.7 Å². The van der Waals surface area contributed by atoms with Crippen LogP contribution in [0.4, 0.5) is 4.39 Å². The van der Waals surface area contributed by atoms with Crippen LogP contribution in [0.5, 0.6) is 17.2 Å². The number of Topliss-reactive ketones (excluding diaryl/α,β-unsaturated/α-hetero) is 1. The molecule has 2 aromatic carbocycles. The fourth-order valence-corrected chi connectivity index (χ4v) is 4.11. The van der Waals surface area contributed by atoms with Gasteiger partial charge in [0.15, 0.2) is 17.2 Å². The molecule has 0 aliphatic rings. The van der Waals surface area contributed by atoms with E-state index < -0.39 is 17.0 Å². The largest absolute Gasteiger partial charge is 0.495 e. The molecule has 0 radical (unpaired) electrons. The number of aryl methyl sites for hydroxylation is 1. The minimum absolute atomic E-state index is 0.0199. The summed E-state index contributed by atoms with van der Waals surface area (Å²) in [4.78, 5) is 35.0. The van der Waals surface area contributed by atoms with Gasteiger partial charge in [-0.25, -0.2) is 9.37 Å². The van der Waals surface area contributed by atoms with E-state index in [-0.39, 0.29) is 12.1 Å². The number of carbonyl (C=O) groups excluding carboxylic acids is 1. The molecule has 0 unspecified atom stereocenters. The van der Waals surface area contributed by atoms with Crippen LogP contribution in [0.3, 0.4) is 0 Å². The van der Waals surface area contributed by atoms with E-state index in [0.717, 1.165) is 0 Å². The van der Waals surface area contributed by atoms with Crippen LogP contribution in [0.25, 0.3) is 22.2 Å². The lowest BCUT2D eigenvalue weighted by atomic mass is 10.0. The van der Waals surface area contributed by atoms with Crippen LogP contribution in [0.15, 0.2) is 77.9 Å². The summed E-state index contributed by atoms with van der Waals surface area (Å²) in [5.41, 5.74) is 2.70. The average molecular weight is 511 g/mol. The average Bonchev–Trinajstić information content (AvgIpc) is 2.92. The van der Waals surface area contributed by atoms with Crippen molar-refractivity contribution in [3.05, 3.63) is 106 Å². The molecular formula is C29H23FN4O4. The summed E-state index contributed by atoms with van der Waals surface area (Å²) >= 11 is 0. The van der Waals surface area contributed by atoms with Gasteiger partial charge < -0.3 is 9.47 Å². The van der Waals surface area contributed by atoms with E-state index in [9.17, 15) is 14.0 Å². The highest BCUT2D eigenvalue weighted by atomic mass is 19.1. The lowest BCUT2D eigenvalue weighted by Gasteiger charge is -2.12. The molecule has 0 atom stereocenters. The van der Waals surface area contributed by atoms with Gasteiger partial charge >= 0.3 is 0 Å². The minimum Gasteiger partial charge on any atom is -0.495 e. The summed E-state index contributed by atoms with van der Waals surface area (Å²) in [5, 5.41) is 4.22. The summed E-state index contributed by atoms with van der Waals surface area (Å²) in [5.74, 6) is 0.853. The molecule has 0 aliphatic carbocycles. The molecule has 0 N–H and O–H groups in total. The minimum atomic E-state index is -0.481. The molecule has 5 aromatic rings. The number of halogens is 1. The second-order valence-electron chi connectivity index (χ2n) is 8.67. The van der Waals surface area contributed by atoms with Gasteiger partial charge in [0.25, 0.3) is 0 Å². The molecule has 9 heteroatoms. The molecule has 0 fully saturated rings. The predicted octanol–water partition coefficient (Wildman–Crippen LogP) is 5.06. The van der Waals surface area contributed by atoms with Crippen molar-refractivity contribution in [3.63, 3.8) is 0 Å². The van der Waals surface area contributed by atoms with Crippen LogP contribution in [0.1, 0.15) is 21.7 Å². The second-order valence-corrected chi connectivity index (χ2v) is 8.67. The lowest BCUT2D eigenvalue weighted by Crippen LogP contribution is -2.26. The van der Waals surface area contributed by atoms with Crippen LogP contribution >= 0.6 is 0 Å². The molecule has 3 aromatic heterocycles. The molecule has 0 saturated heterocycles. The standard InChI is InChI=1S/C29H23FN4O4/c1-17-26(19-6-8-20(30)9-7-19)29(36)28(33-34(17)2)24(35)14-18-4-10-21(11-5-18)38-25-12-13-31-23-15-22(37-3)16-32-27(23)25/h4-13,15-16H,14H2,1-3H3. The van der Waals surface area contributed by atoms with Crippen molar-refractivity contribution < 1.29 is 18.7 Å². The summed E-state index contributed by atoms with van der Waals surface area (Å²) in [6, 6.07) is 16.1. The fourth-order valence-electron chi connectivity index (χ4n) is 4.11. The van der Waals surface area contributed by atoms with Crippen molar-refractivity contribution in [2.45, 2.75) is 13.3 Å². The van der Waals surface area contributed by atoms with E-state index in [2.05, 4.69) is 15.1 Å². The molecule has 8 nitrogen and oxygen atoms in total. The maximum atomic E-state index is 13.4. The molecule has 0 aliphatic heterocycles. The zero-order chi connectivity index (χ0) is 26.8. The number of benzene rings is 2. The maximum absolute atomic E-state index is 13.4. The zero-order valence-corrected chi connectivity index (χ0v) is 20.9. The quantitative estimate of drug-likeness (QED) is 0.282. The first kappa shape index (κ1) is 24.8. The third-order valence-corrected chi connectivity index (χ3v) is 6.20. The van der Waals surface area contributed by atoms with E-state index in [1.54, 1.807) is 69.9 Å². The molecule has 190 valence electrons. The number of carbonyl (C=O) groups is 1. The van der Waals surface area contributed by atoms with Crippen LogP contribution in [-0.2, 0) is 13.5 Å². The van der Waals surface area contributed by atoms with Crippen molar-refractivity contribution in [1.29, 1.82) is 0 Å². The lowest BCUT2D eigenvalue weighted by molar-refractivity contribution is 0.0985. The number of pyridine rings is 2. The Morgan fingerprint density at radius 1 is 1.00 bits per heavy atom. The highest BCUT2D eigenvalue weighted by molar-refractivity contribution is 5.96. The van der Waals surface area contributed by atoms with E-state index in [1.165, 1.54) is 28.9 Å². The summed E-state index contributed by atoms with van der Waals surface area (Å²) < 4.78 is 26.1. The number of rotatable bonds is 7. The van der Waals surface area contributed by atoms with Gasteiger partial charge in [-0.15, -0.1) is 0 Å². The van der Waals surface area contributed by atoms with Crippen LogP contribution in [0, 0.1) is 12.7 Å². The van der Waals surface area contributed by atoms with Crippen LogP contribution in [-0.4, -0.2) is 32.6 Å².